The molecule has 1 amide bonds. The molecule has 8 heteroatoms. The van der Waals surface area contributed by atoms with Gasteiger partial charge in [0.2, 0.25) is 15.9 Å². The number of carbonyl (C=O) groups excluding carboxylic acids is 1. The number of hydrogen-bond acceptors (Lipinski definition) is 4. The van der Waals surface area contributed by atoms with Gasteiger partial charge in [-0.1, -0.05) is 23.7 Å². The summed E-state index contributed by atoms with van der Waals surface area (Å²) in [4.78, 5) is 12.2. The molecule has 1 atom stereocenters. The van der Waals surface area contributed by atoms with Gasteiger partial charge in [0.25, 0.3) is 0 Å². The molecule has 0 saturated carbocycles. The Labute approximate surface area is 158 Å². The van der Waals surface area contributed by atoms with Crippen molar-refractivity contribution >= 4 is 27.5 Å². The number of hydrogen-bond donors (Lipinski definition) is 2. The summed E-state index contributed by atoms with van der Waals surface area (Å²) in [5.41, 5.74) is 1.04. The summed E-state index contributed by atoms with van der Waals surface area (Å²) in [6.45, 7) is 1.90. The normalized spacial score (nSPS) is 12.4. The third kappa shape index (κ3) is 5.72. The van der Waals surface area contributed by atoms with Gasteiger partial charge >= 0.3 is 0 Å². The molecule has 140 valence electrons. The van der Waals surface area contributed by atoms with Crippen LogP contribution in [0.5, 0.6) is 5.75 Å². The van der Waals surface area contributed by atoms with Crippen LogP contribution in [0.2, 0.25) is 5.02 Å². The molecular formula is C18H21ClN2O4S. The number of amides is 1. The van der Waals surface area contributed by atoms with E-state index in [0.717, 1.165) is 11.3 Å². The van der Waals surface area contributed by atoms with Crippen molar-refractivity contribution in [1.29, 1.82) is 0 Å². The van der Waals surface area contributed by atoms with E-state index in [-0.39, 0.29) is 4.90 Å². The summed E-state index contributed by atoms with van der Waals surface area (Å²) in [5.74, 6) is 0.374. The van der Waals surface area contributed by atoms with E-state index in [2.05, 4.69) is 10.0 Å². The third-order valence-electron chi connectivity index (χ3n) is 3.72. The summed E-state index contributed by atoms with van der Waals surface area (Å²) >= 11 is 5.76. The Bertz CT molecular complexity index is 836. The largest absolute Gasteiger partial charge is 0.497 e. The minimum Gasteiger partial charge on any atom is -0.497 e. The molecule has 2 rings (SSSR count). The molecule has 2 aromatic rings. The van der Waals surface area contributed by atoms with Gasteiger partial charge in [-0.15, -0.1) is 0 Å². The van der Waals surface area contributed by atoms with Gasteiger partial charge in [0, 0.05) is 11.6 Å². The summed E-state index contributed by atoms with van der Waals surface area (Å²) in [6.07, 6.45) is 0.631. The molecule has 6 nitrogen and oxygen atoms in total. The highest BCUT2D eigenvalue weighted by atomic mass is 35.5. The maximum atomic E-state index is 12.3. The lowest BCUT2D eigenvalue weighted by atomic mass is 10.1. The van der Waals surface area contributed by atoms with Crippen molar-refractivity contribution in [3.63, 3.8) is 0 Å². The number of ether oxygens (including phenoxy) is 1. The fraction of sp³-hybridized carbons (Fsp3) is 0.278. The summed E-state index contributed by atoms with van der Waals surface area (Å²) in [5, 5.41) is 3.16. The Balaban J connectivity index is 1.85. The first-order valence-corrected chi connectivity index (χ1v) is 9.86. The van der Waals surface area contributed by atoms with Crippen LogP contribution in [0.15, 0.2) is 53.4 Å². The molecule has 2 N–H and O–H groups in total. The maximum Gasteiger partial charge on any atom is 0.241 e. The van der Waals surface area contributed by atoms with Gasteiger partial charge in [-0.2, -0.15) is 4.72 Å². The topological polar surface area (TPSA) is 84.5 Å². The predicted molar refractivity (Wildman–Crippen MR) is 101 cm³/mol. The average molecular weight is 397 g/mol. The molecule has 0 radical (unpaired) electrons. The molecule has 0 aliphatic carbocycles. The van der Waals surface area contributed by atoms with Gasteiger partial charge in [0.1, 0.15) is 5.75 Å². The highest BCUT2D eigenvalue weighted by Crippen LogP contribution is 2.14. The molecule has 0 saturated heterocycles. The molecule has 0 aliphatic rings. The fourth-order valence-electron chi connectivity index (χ4n) is 2.24. The first kappa shape index (κ1) is 20.2. The number of halogens is 1. The Morgan fingerprint density at radius 2 is 1.73 bits per heavy atom. The smallest absolute Gasteiger partial charge is 0.241 e. The lowest BCUT2D eigenvalue weighted by Crippen LogP contribution is -2.45. The third-order valence-corrected chi connectivity index (χ3v) is 5.53. The van der Waals surface area contributed by atoms with Crippen LogP contribution in [-0.4, -0.2) is 34.0 Å². The lowest BCUT2D eigenvalue weighted by molar-refractivity contribution is -0.122. The van der Waals surface area contributed by atoms with Crippen LogP contribution in [0, 0.1) is 0 Å². The number of rotatable bonds is 8. The molecule has 0 unspecified atom stereocenters. The van der Waals surface area contributed by atoms with Crippen molar-refractivity contribution in [2.24, 2.45) is 0 Å². The van der Waals surface area contributed by atoms with Crippen molar-refractivity contribution in [3.05, 3.63) is 59.1 Å². The zero-order chi connectivity index (χ0) is 19.2. The van der Waals surface area contributed by atoms with Crippen LogP contribution >= 0.6 is 11.6 Å². The SMILES string of the molecule is COc1ccc(CCNC(=O)[C@H](C)NS(=O)(=O)c2ccc(Cl)cc2)cc1. The standard InChI is InChI=1S/C18H21ClN2O4S/c1-13(21-26(23,24)17-9-5-15(19)6-10-17)18(22)20-12-11-14-3-7-16(25-2)8-4-14/h3-10,13,21H,11-12H2,1-2H3,(H,20,22)/t13-/m0/s1. The minimum atomic E-state index is -3.79. The van der Waals surface area contributed by atoms with Crippen molar-refractivity contribution in [2.45, 2.75) is 24.3 Å². The Morgan fingerprint density at radius 3 is 2.31 bits per heavy atom. The Kier molecular flexibility index (Phi) is 7.02. The van der Waals surface area contributed by atoms with Crippen LogP contribution in [0.4, 0.5) is 0 Å². The van der Waals surface area contributed by atoms with E-state index in [1.54, 1.807) is 7.11 Å². The maximum absolute atomic E-state index is 12.3. The molecule has 0 fully saturated rings. The number of benzene rings is 2. The van der Waals surface area contributed by atoms with Crippen molar-refractivity contribution in [1.82, 2.24) is 10.0 Å². The van der Waals surface area contributed by atoms with E-state index >= 15 is 0 Å². The quantitative estimate of drug-likeness (QED) is 0.717. The zero-order valence-corrected chi connectivity index (χ0v) is 16.1. The van der Waals surface area contributed by atoms with E-state index in [1.165, 1.54) is 31.2 Å². The monoisotopic (exact) mass is 396 g/mol. The Hall–Kier alpha value is -2.09. The van der Waals surface area contributed by atoms with Gasteiger partial charge in [-0.05, 0) is 55.3 Å². The van der Waals surface area contributed by atoms with Gasteiger partial charge in [-0.25, -0.2) is 8.42 Å². The molecular weight excluding hydrogens is 376 g/mol. The second-order valence-electron chi connectivity index (χ2n) is 5.69. The Morgan fingerprint density at radius 1 is 1.12 bits per heavy atom. The van der Waals surface area contributed by atoms with E-state index in [1.807, 2.05) is 24.3 Å². The van der Waals surface area contributed by atoms with E-state index < -0.39 is 22.0 Å². The average Bonchev–Trinajstić information content (AvgIpc) is 2.62. The van der Waals surface area contributed by atoms with Gasteiger partial charge in [0.15, 0.2) is 0 Å². The van der Waals surface area contributed by atoms with Crippen LogP contribution < -0.4 is 14.8 Å². The number of sulfonamides is 1. The first-order valence-electron chi connectivity index (χ1n) is 8.00. The molecule has 0 bridgehead atoms. The summed E-state index contributed by atoms with van der Waals surface area (Å²) in [6, 6.07) is 12.4. The molecule has 26 heavy (non-hydrogen) atoms. The van der Waals surface area contributed by atoms with Gasteiger partial charge in [-0.3, -0.25) is 4.79 Å². The number of methoxy groups -OCH3 is 1. The zero-order valence-electron chi connectivity index (χ0n) is 14.5. The number of nitrogens with one attached hydrogen (secondary N) is 2. The van der Waals surface area contributed by atoms with Crippen molar-refractivity contribution in [2.75, 3.05) is 13.7 Å². The molecule has 0 spiro atoms. The van der Waals surface area contributed by atoms with Crippen molar-refractivity contribution in [3.8, 4) is 5.75 Å². The highest BCUT2D eigenvalue weighted by Gasteiger charge is 2.21. The van der Waals surface area contributed by atoms with E-state index in [0.29, 0.717) is 18.0 Å². The predicted octanol–water partition coefficient (Wildman–Crippen LogP) is 2.37. The second-order valence-corrected chi connectivity index (χ2v) is 7.84. The molecule has 2 aromatic carbocycles. The van der Waals surface area contributed by atoms with Gasteiger partial charge in [0.05, 0.1) is 18.0 Å². The van der Waals surface area contributed by atoms with Crippen molar-refractivity contribution < 1.29 is 17.9 Å². The van der Waals surface area contributed by atoms with Crippen LogP contribution in [0.25, 0.3) is 0 Å². The fourth-order valence-corrected chi connectivity index (χ4v) is 3.57. The van der Waals surface area contributed by atoms with E-state index in [9.17, 15) is 13.2 Å². The molecule has 0 aliphatic heterocycles. The van der Waals surface area contributed by atoms with Crippen LogP contribution in [0.1, 0.15) is 12.5 Å². The first-order chi connectivity index (χ1) is 12.3. The van der Waals surface area contributed by atoms with Gasteiger partial charge < -0.3 is 10.1 Å². The number of carbonyl (C=O) groups is 1. The van der Waals surface area contributed by atoms with Crippen LogP contribution in [-0.2, 0) is 21.2 Å². The molecule has 0 aromatic heterocycles. The lowest BCUT2D eigenvalue weighted by Gasteiger charge is -2.14. The summed E-state index contributed by atoms with van der Waals surface area (Å²) in [7, 11) is -2.19. The highest BCUT2D eigenvalue weighted by molar-refractivity contribution is 7.89. The summed E-state index contributed by atoms with van der Waals surface area (Å²) < 4.78 is 32.0. The minimum absolute atomic E-state index is 0.0554. The van der Waals surface area contributed by atoms with E-state index in [4.69, 9.17) is 16.3 Å². The second kappa shape index (κ2) is 9.02. The molecule has 0 heterocycles. The van der Waals surface area contributed by atoms with Crippen LogP contribution in [0.3, 0.4) is 0 Å².